The minimum absolute atomic E-state index is 0.501. The molecule has 0 radical (unpaired) electrons. The molecule has 0 aliphatic carbocycles. The summed E-state index contributed by atoms with van der Waals surface area (Å²) in [6, 6.07) is 9.72. The smallest absolute Gasteiger partial charge is 0.287 e. The molecule has 32 heavy (non-hydrogen) atoms. The molecule has 0 fully saturated rings. The van der Waals surface area contributed by atoms with Crippen molar-refractivity contribution in [2.45, 2.75) is 57.5 Å². The first-order chi connectivity index (χ1) is 15.2. The van der Waals surface area contributed by atoms with Crippen molar-refractivity contribution in [1.29, 1.82) is 0 Å². The maximum Gasteiger partial charge on any atom is 0.416 e. The van der Waals surface area contributed by atoms with E-state index >= 15 is 0 Å². The number of hydrogen-bond donors (Lipinski definition) is 0. The largest absolute Gasteiger partial charge is 0.416 e. The Labute approximate surface area is 193 Å². The fourth-order valence-corrected chi connectivity index (χ4v) is 5.82. The number of thiophene rings is 1. The Morgan fingerprint density at radius 1 is 1.06 bits per heavy atom. The van der Waals surface area contributed by atoms with E-state index in [4.69, 9.17) is 9.78 Å². The summed E-state index contributed by atoms with van der Waals surface area (Å²) >= 11 is 3.19. The molecule has 3 aromatic rings. The molecule has 3 rings (SSSR count). The van der Waals surface area contributed by atoms with E-state index in [1.165, 1.54) is 34.8 Å². The highest BCUT2D eigenvalue weighted by molar-refractivity contribution is 7.99. The lowest BCUT2D eigenvalue weighted by atomic mass is 10.0. The van der Waals surface area contributed by atoms with Crippen LogP contribution in [-0.4, -0.2) is 11.7 Å². The van der Waals surface area contributed by atoms with E-state index in [9.17, 15) is 18.0 Å². The highest BCUT2D eigenvalue weighted by atomic mass is 32.2. The van der Waals surface area contributed by atoms with Crippen molar-refractivity contribution in [1.82, 2.24) is 0 Å². The average molecular weight is 483 g/mol. The quantitative estimate of drug-likeness (QED) is 0.136. The van der Waals surface area contributed by atoms with Crippen LogP contribution in [0.3, 0.4) is 0 Å². The Kier molecular flexibility index (Phi) is 8.11. The molecule has 172 valence electrons. The Balaban J connectivity index is 1.63. The molecule has 0 bridgehead atoms. The average Bonchev–Trinajstić information content (AvgIpc) is 3.16. The monoisotopic (exact) mass is 482 g/mol. The number of benzene rings is 2. The van der Waals surface area contributed by atoms with Crippen molar-refractivity contribution in [3.63, 3.8) is 0 Å². The predicted octanol–water partition coefficient (Wildman–Crippen LogP) is 7.63. The second kappa shape index (κ2) is 10.6. The SMILES string of the molecule is CCc1c(OOC(C)=O)ccc(SCCCc2cc3ccc(C(F)(F)F)cc3s2)c1CC. The minimum Gasteiger partial charge on any atom is -0.287 e. The number of halogens is 3. The van der Waals surface area contributed by atoms with Gasteiger partial charge in [0.2, 0.25) is 0 Å². The van der Waals surface area contributed by atoms with E-state index in [1.54, 1.807) is 17.8 Å². The minimum atomic E-state index is -4.32. The van der Waals surface area contributed by atoms with Crippen molar-refractivity contribution in [3.8, 4) is 5.75 Å². The maximum atomic E-state index is 12.9. The summed E-state index contributed by atoms with van der Waals surface area (Å²) in [5.74, 6) is 0.953. The van der Waals surface area contributed by atoms with Gasteiger partial charge in [-0.1, -0.05) is 19.9 Å². The van der Waals surface area contributed by atoms with Crippen molar-refractivity contribution in [3.05, 3.63) is 58.0 Å². The maximum absolute atomic E-state index is 12.9. The summed E-state index contributed by atoms with van der Waals surface area (Å²) < 4.78 is 39.4. The summed E-state index contributed by atoms with van der Waals surface area (Å²) in [4.78, 5) is 23.2. The van der Waals surface area contributed by atoms with Gasteiger partial charge in [-0.05, 0) is 72.7 Å². The number of aryl methyl sites for hydroxylation is 1. The summed E-state index contributed by atoms with van der Waals surface area (Å²) in [5.41, 5.74) is 1.61. The van der Waals surface area contributed by atoms with Gasteiger partial charge in [-0.2, -0.15) is 13.2 Å². The molecule has 1 aromatic heterocycles. The molecule has 0 aliphatic heterocycles. The fourth-order valence-electron chi connectivity index (χ4n) is 3.56. The molecule has 1 heterocycles. The summed E-state index contributed by atoms with van der Waals surface area (Å²) in [7, 11) is 0. The Morgan fingerprint density at radius 3 is 2.47 bits per heavy atom. The van der Waals surface area contributed by atoms with Crippen LogP contribution in [0.15, 0.2) is 41.3 Å². The fraction of sp³-hybridized carbons (Fsp3) is 0.375. The lowest BCUT2D eigenvalue weighted by Gasteiger charge is -2.15. The van der Waals surface area contributed by atoms with E-state index in [0.29, 0.717) is 10.4 Å². The van der Waals surface area contributed by atoms with Crippen LogP contribution in [-0.2, 0) is 35.1 Å². The van der Waals surface area contributed by atoms with Crippen LogP contribution < -0.4 is 4.89 Å². The zero-order chi connectivity index (χ0) is 23.3. The third kappa shape index (κ3) is 5.98. The van der Waals surface area contributed by atoms with Crippen molar-refractivity contribution in [2.24, 2.45) is 0 Å². The van der Waals surface area contributed by atoms with Crippen molar-refractivity contribution >= 4 is 39.2 Å². The lowest BCUT2D eigenvalue weighted by molar-refractivity contribution is -0.211. The van der Waals surface area contributed by atoms with Gasteiger partial charge in [-0.3, -0.25) is 9.78 Å². The first-order valence-electron chi connectivity index (χ1n) is 10.4. The van der Waals surface area contributed by atoms with Gasteiger partial charge in [0.05, 0.1) is 5.56 Å². The topological polar surface area (TPSA) is 35.5 Å². The summed E-state index contributed by atoms with van der Waals surface area (Å²) in [6.07, 6.45) is -0.984. The number of fused-ring (bicyclic) bond motifs is 1. The molecular weight excluding hydrogens is 457 g/mol. The molecule has 0 saturated heterocycles. The van der Waals surface area contributed by atoms with Crippen LogP contribution in [0.1, 0.15) is 48.8 Å². The molecule has 0 spiro atoms. The van der Waals surface area contributed by atoms with Crippen LogP contribution in [0.4, 0.5) is 13.2 Å². The lowest BCUT2D eigenvalue weighted by Crippen LogP contribution is -2.06. The molecule has 8 heteroatoms. The number of thioether (sulfide) groups is 1. The van der Waals surface area contributed by atoms with Gasteiger partial charge in [-0.15, -0.1) is 23.1 Å². The van der Waals surface area contributed by atoms with Crippen molar-refractivity contribution in [2.75, 3.05) is 5.75 Å². The molecule has 3 nitrogen and oxygen atoms in total. The molecule has 0 amide bonds. The third-order valence-corrected chi connectivity index (χ3v) is 7.37. The molecular formula is C24H25F3O3S2. The van der Waals surface area contributed by atoms with Gasteiger partial charge in [0, 0.05) is 27.0 Å². The van der Waals surface area contributed by atoms with E-state index in [1.807, 2.05) is 25.1 Å². The highest BCUT2D eigenvalue weighted by Gasteiger charge is 2.30. The Morgan fingerprint density at radius 2 is 1.81 bits per heavy atom. The predicted molar refractivity (Wildman–Crippen MR) is 123 cm³/mol. The van der Waals surface area contributed by atoms with Gasteiger partial charge < -0.3 is 0 Å². The number of hydrogen-bond acceptors (Lipinski definition) is 5. The number of carbonyl (C=O) groups excluding carboxylic acids is 1. The zero-order valence-electron chi connectivity index (χ0n) is 18.2. The van der Waals surface area contributed by atoms with E-state index < -0.39 is 17.7 Å². The van der Waals surface area contributed by atoms with Gasteiger partial charge >= 0.3 is 12.1 Å². The number of rotatable bonds is 9. The third-order valence-electron chi connectivity index (χ3n) is 5.02. The molecule has 0 unspecified atom stereocenters. The van der Waals surface area contributed by atoms with Gasteiger partial charge in [0.25, 0.3) is 0 Å². The van der Waals surface area contributed by atoms with Gasteiger partial charge in [0.1, 0.15) is 0 Å². The molecule has 0 saturated carbocycles. The van der Waals surface area contributed by atoms with E-state index in [2.05, 4.69) is 6.92 Å². The van der Waals surface area contributed by atoms with E-state index in [0.717, 1.165) is 53.3 Å². The second-order valence-corrected chi connectivity index (χ2v) is 9.60. The second-order valence-electron chi connectivity index (χ2n) is 7.30. The van der Waals surface area contributed by atoms with Gasteiger partial charge in [0.15, 0.2) is 5.75 Å². The Bertz CT molecular complexity index is 1090. The van der Waals surface area contributed by atoms with Gasteiger partial charge in [-0.25, -0.2) is 4.79 Å². The van der Waals surface area contributed by atoms with Crippen LogP contribution in [0.5, 0.6) is 5.75 Å². The van der Waals surface area contributed by atoms with Crippen LogP contribution in [0, 0.1) is 0 Å². The molecule has 2 aromatic carbocycles. The van der Waals surface area contributed by atoms with Crippen LogP contribution in [0.2, 0.25) is 0 Å². The number of carbonyl (C=O) groups is 1. The van der Waals surface area contributed by atoms with Crippen LogP contribution >= 0.6 is 23.1 Å². The zero-order valence-corrected chi connectivity index (χ0v) is 19.8. The highest BCUT2D eigenvalue weighted by Crippen LogP contribution is 2.36. The summed E-state index contributed by atoms with van der Waals surface area (Å²) in [6.45, 7) is 5.41. The summed E-state index contributed by atoms with van der Waals surface area (Å²) in [5, 5.41) is 0.856. The van der Waals surface area contributed by atoms with Crippen molar-refractivity contribution < 1.29 is 27.7 Å². The molecule has 0 aliphatic rings. The standard InChI is InChI=1S/C24H25F3O3S2/c1-4-19-20(5-2)22(11-10-21(19)30-29-15(3)28)31-12-6-7-18-13-16-8-9-17(24(25,26)27)14-23(16)32-18/h8-11,13-14H,4-7,12H2,1-3H3. The van der Waals surface area contributed by atoms with E-state index in [-0.39, 0.29) is 0 Å². The first-order valence-corrected chi connectivity index (χ1v) is 12.3. The Hall–Kier alpha value is -2.19. The molecule has 0 atom stereocenters. The number of alkyl halides is 3. The molecule has 0 N–H and O–H groups in total. The first kappa shape index (κ1) is 24.5. The normalized spacial score (nSPS) is 11.7. The van der Waals surface area contributed by atoms with Crippen LogP contribution in [0.25, 0.3) is 10.1 Å².